The van der Waals surface area contributed by atoms with Crippen molar-refractivity contribution in [3.63, 3.8) is 0 Å². The second-order valence-corrected chi connectivity index (χ2v) is 3.65. The average Bonchev–Trinajstić information content (AvgIpc) is 2.96. The van der Waals surface area contributed by atoms with Gasteiger partial charge in [-0.2, -0.15) is 0 Å². The summed E-state index contributed by atoms with van der Waals surface area (Å²) in [6.45, 7) is 4.00. The maximum Gasteiger partial charge on any atom is 0.140 e. The van der Waals surface area contributed by atoms with Crippen LogP contribution in [0.3, 0.4) is 0 Å². The van der Waals surface area contributed by atoms with Crippen molar-refractivity contribution in [2.45, 2.75) is 32.6 Å². The zero-order chi connectivity index (χ0) is 9.84. The van der Waals surface area contributed by atoms with Gasteiger partial charge in [0.05, 0.1) is 4.47 Å². The fraction of sp³-hybridized carbons (Fsp3) is 0.500. The number of aromatic nitrogens is 1. The molecule has 1 saturated carbocycles. The summed E-state index contributed by atoms with van der Waals surface area (Å²) < 4.78 is 13.3. The van der Waals surface area contributed by atoms with Crippen molar-refractivity contribution in [1.29, 1.82) is 0 Å². The minimum atomic E-state index is -0.207. The van der Waals surface area contributed by atoms with Crippen LogP contribution in [0.2, 0.25) is 0 Å². The summed E-state index contributed by atoms with van der Waals surface area (Å²) >= 11 is 3.06. The lowest BCUT2D eigenvalue weighted by Gasteiger charge is -1.97. The van der Waals surface area contributed by atoms with Gasteiger partial charge in [0.15, 0.2) is 0 Å². The van der Waals surface area contributed by atoms with Gasteiger partial charge in [-0.15, -0.1) is 0 Å². The van der Waals surface area contributed by atoms with Gasteiger partial charge in [0, 0.05) is 17.8 Å². The van der Waals surface area contributed by atoms with E-state index < -0.39 is 0 Å². The van der Waals surface area contributed by atoms with Gasteiger partial charge in [0.1, 0.15) is 5.82 Å². The van der Waals surface area contributed by atoms with E-state index in [0.717, 1.165) is 18.5 Å². The van der Waals surface area contributed by atoms with Crippen LogP contribution in [0.1, 0.15) is 38.3 Å². The molecule has 0 spiro atoms. The van der Waals surface area contributed by atoms with E-state index in [1.54, 1.807) is 0 Å². The standard InChI is InChI=1S/C8H7BrFN.C2H6/c9-6-4-11-8(3-7(6)10)5-1-2-5;1-2/h3-5H,1-2H2;1-2H3. The summed E-state index contributed by atoms with van der Waals surface area (Å²) in [6.07, 6.45) is 3.85. The highest BCUT2D eigenvalue weighted by atomic mass is 79.9. The predicted molar refractivity (Wildman–Crippen MR) is 55.2 cm³/mol. The highest BCUT2D eigenvalue weighted by Gasteiger charge is 2.25. The first kappa shape index (κ1) is 10.6. The zero-order valence-corrected chi connectivity index (χ0v) is 9.44. The minimum Gasteiger partial charge on any atom is -0.260 e. The molecule has 72 valence electrons. The molecule has 0 atom stereocenters. The van der Waals surface area contributed by atoms with E-state index in [9.17, 15) is 4.39 Å². The summed E-state index contributed by atoms with van der Waals surface area (Å²) in [5, 5.41) is 0. The van der Waals surface area contributed by atoms with Crippen molar-refractivity contribution < 1.29 is 4.39 Å². The SMILES string of the molecule is CC.Fc1cc(C2CC2)ncc1Br. The topological polar surface area (TPSA) is 12.9 Å². The molecular formula is C10H13BrFN. The number of hydrogen-bond donors (Lipinski definition) is 0. The molecule has 0 bridgehead atoms. The van der Waals surface area contributed by atoms with Crippen LogP contribution in [0, 0.1) is 5.82 Å². The maximum atomic E-state index is 12.9. The second kappa shape index (κ2) is 4.70. The molecule has 1 aliphatic carbocycles. The van der Waals surface area contributed by atoms with Gasteiger partial charge in [-0.05, 0) is 34.8 Å². The van der Waals surface area contributed by atoms with Crippen molar-refractivity contribution in [1.82, 2.24) is 4.98 Å². The van der Waals surface area contributed by atoms with Crippen LogP contribution in [0.15, 0.2) is 16.7 Å². The number of hydrogen-bond acceptors (Lipinski definition) is 1. The lowest BCUT2D eigenvalue weighted by Crippen LogP contribution is -1.88. The molecule has 0 aliphatic heterocycles. The van der Waals surface area contributed by atoms with E-state index in [2.05, 4.69) is 20.9 Å². The quantitative estimate of drug-likeness (QED) is 0.732. The summed E-state index contributed by atoms with van der Waals surface area (Å²) in [4.78, 5) is 4.11. The summed E-state index contributed by atoms with van der Waals surface area (Å²) in [6, 6.07) is 1.52. The number of pyridine rings is 1. The molecule has 1 aliphatic rings. The normalized spacial score (nSPS) is 14.8. The number of nitrogens with zero attached hydrogens (tertiary/aromatic N) is 1. The van der Waals surface area contributed by atoms with Crippen LogP contribution < -0.4 is 0 Å². The molecule has 0 aromatic carbocycles. The Balaban J connectivity index is 0.000000396. The Morgan fingerprint density at radius 2 is 2.08 bits per heavy atom. The first-order chi connectivity index (χ1) is 6.27. The van der Waals surface area contributed by atoms with Crippen LogP contribution >= 0.6 is 15.9 Å². The third-order valence-corrected chi connectivity index (χ3v) is 2.41. The molecule has 0 amide bonds. The highest BCUT2D eigenvalue weighted by Crippen LogP contribution is 2.39. The van der Waals surface area contributed by atoms with E-state index in [0.29, 0.717) is 10.4 Å². The molecule has 1 heterocycles. The highest BCUT2D eigenvalue weighted by molar-refractivity contribution is 9.10. The summed E-state index contributed by atoms with van der Waals surface area (Å²) in [7, 11) is 0. The number of rotatable bonds is 1. The van der Waals surface area contributed by atoms with E-state index in [1.165, 1.54) is 12.3 Å². The summed E-state index contributed by atoms with van der Waals surface area (Å²) in [5.74, 6) is 0.319. The van der Waals surface area contributed by atoms with Crippen LogP contribution in [0.4, 0.5) is 4.39 Å². The Kier molecular flexibility index (Phi) is 3.85. The molecular weight excluding hydrogens is 233 g/mol. The minimum absolute atomic E-state index is 0.207. The van der Waals surface area contributed by atoms with Gasteiger partial charge in [-0.1, -0.05) is 13.8 Å². The van der Waals surface area contributed by atoms with Crippen molar-refractivity contribution in [2.24, 2.45) is 0 Å². The van der Waals surface area contributed by atoms with E-state index in [1.807, 2.05) is 13.8 Å². The van der Waals surface area contributed by atoms with E-state index >= 15 is 0 Å². The van der Waals surface area contributed by atoms with Crippen LogP contribution in [-0.2, 0) is 0 Å². The lowest BCUT2D eigenvalue weighted by atomic mass is 10.2. The fourth-order valence-electron chi connectivity index (χ4n) is 1.03. The molecule has 2 rings (SSSR count). The van der Waals surface area contributed by atoms with E-state index in [4.69, 9.17) is 0 Å². The zero-order valence-electron chi connectivity index (χ0n) is 7.85. The van der Waals surface area contributed by atoms with Gasteiger partial charge in [0.2, 0.25) is 0 Å². The Morgan fingerprint density at radius 1 is 1.46 bits per heavy atom. The van der Waals surface area contributed by atoms with E-state index in [-0.39, 0.29) is 5.82 Å². The van der Waals surface area contributed by atoms with Crippen molar-refractivity contribution in [3.8, 4) is 0 Å². The smallest absolute Gasteiger partial charge is 0.140 e. The largest absolute Gasteiger partial charge is 0.260 e. The van der Waals surface area contributed by atoms with Gasteiger partial charge in [-0.3, -0.25) is 4.98 Å². The Morgan fingerprint density at radius 3 is 2.54 bits per heavy atom. The molecule has 0 saturated heterocycles. The third kappa shape index (κ3) is 2.76. The van der Waals surface area contributed by atoms with Crippen molar-refractivity contribution >= 4 is 15.9 Å². The molecule has 1 nitrogen and oxygen atoms in total. The Bertz CT molecular complexity index is 284. The van der Waals surface area contributed by atoms with Crippen molar-refractivity contribution in [2.75, 3.05) is 0 Å². The number of halogens is 2. The first-order valence-electron chi connectivity index (χ1n) is 4.58. The molecule has 1 aromatic heterocycles. The molecule has 1 fully saturated rings. The lowest BCUT2D eigenvalue weighted by molar-refractivity contribution is 0.615. The third-order valence-electron chi connectivity index (χ3n) is 1.83. The van der Waals surface area contributed by atoms with Crippen LogP contribution in [-0.4, -0.2) is 4.98 Å². The van der Waals surface area contributed by atoms with Crippen LogP contribution in [0.25, 0.3) is 0 Å². The predicted octanol–water partition coefficient (Wildman–Crippen LogP) is 3.89. The first-order valence-corrected chi connectivity index (χ1v) is 5.37. The monoisotopic (exact) mass is 245 g/mol. The molecule has 0 unspecified atom stereocenters. The molecule has 13 heavy (non-hydrogen) atoms. The second-order valence-electron chi connectivity index (χ2n) is 2.80. The van der Waals surface area contributed by atoms with Gasteiger partial charge < -0.3 is 0 Å². The van der Waals surface area contributed by atoms with Gasteiger partial charge in [-0.25, -0.2) is 4.39 Å². The van der Waals surface area contributed by atoms with Gasteiger partial charge >= 0.3 is 0 Å². The fourth-order valence-corrected chi connectivity index (χ4v) is 1.25. The molecule has 0 radical (unpaired) electrons. The molecule has 3 heteroatoms. The molecule has 0 N–H and O–H groups in total. The van der Waals surface area contributed by atoms with Crippen LogP contribution in [0.5, 0.6) is 0 Å². The maximum absolute atomic E-state index is 12.9. The average molecular weight is 246 g/mol. The molecule has 1 aromatic rings. The Hall–Kier alpha value is -0.440. The summed E-state index contributed by atoms with van der Waals surface area (Å²) in [5.41, 5.74) is 0.894. The van der Waals surface area contributed by atoms with Crippen molar-refractivity contribution in [3.05, 3.63) is 28.2 Å². The Labute approximate surface area is 86.5 Å². The van der Waals surface area contributed by atoms with Gasteiger partial charge in [0.25, 0.3) is 0 Å².